The molecule has 0 saturated carbocycles. The first-order chi connectivity index (χ1) is 9.47. The van der Waals surface area contributed by atoms with Crippen molar-refractivity contribution in [2.75, 3.05) is 13.1 Å². The molecule has 1 aromatic rings. The Morgan fingerprint density at radius 2 is 2.15 bits per heavy atom. The van der Waals surface area contributed by atoms with Crippen LogP contribution < -0.4 is 16.0 Å². The standard InChI is InChI=1S/C13H15F2N3O2/c1-7(8-2-3-9(14)10(15)4-8)18-13(20)11-5-17-12(19)6-16-11/h2-4,7,11,16H,5-6H2,1H3,(H,17,19)(H,18,20). The Morgan fingerprint density at radius 3 is 2.75 bits per heavy atom. The van der Waals surface area contributed by atoms with E-state index < -0.39 is 23.7 Å². The Kier molecular flexibility index (Phi) is 4.29. The van der Waals surface area contributed by atoms with Crippen molar-refractivity contribution in [2.45, 2.75) is 19.0 Å². The highest BCUT2D eigenvalue weighted by atomic mass is 19.2. The fourth-order valence-electron chi connectivity index (χ4n) is 1.93. The fraction of sp³-hybridized carbons (Fsp3) is 0.385. The first kappa shape index (κ1) is 14.4. The van der Waals surface area contributed by atoms with Crippen LogP contribution in [0.15, 0.2) is 18.2 Å². The van der Waals surface area contributed by atoms with Crippen LogP contribution in [0.5, 0.6) is 0 Å². The SMILES string of the molecule is CC(NC(=O)C1CNC(=O)CN1)c1ccc(F)c(F)c1. The molecular formula is C13H15F2N3O2. The van der Waals surface area contributed by atoms with Gasteiger partial charge < -0.3 is 10.6 Å². The second kappa shape index (κ2) is 5.96. The van der Waals surface area contributed by atoms with E-state index in [1.54, 1.807) is 6.92 Å². The van der Waals surface area contributed by atoms with Gasteiger partial charge in [0.2, 0.25) is 11.8 Å². The van der Waals surface area contributed by atoms with Gasteiger partial charge in [-0.05, 0) is 24.6 Å². The van der Waals surface area contributed by atoms with E-state index in [9.17, 15) is 18.4 Å². The monoisotopic (exact) mass is 283 g/mol. The maximum atomic E-state index is 13.1. The van der Waals surface area contributed by atoms with Gasteiger partial charge in [0.05, 0.1) is 12.6 Å². The highest BCUT2D eigenvalue weighted by molar-refractivity contribution is 5.86. The molecule has 1 saturated heterocycles. The van der Waals surface area contributed by atoms with Crippen LogP contribution in [0.3, 0.4) is 0 Å². The average Bonchev–Trinajstić information content (AvgIpc) is 2.42. The van der Waals surface area contributed by atoms with Crippen molar-refractivity contribution in [2.24, 2.45) is 0 Å². The molecule has 108 valence electrons. The van der Waals surface area contributed by atoms with E-state index >= 15 is 0 Å². The number of carbonyl (C=O) groups excluding carboxylic acids is 2. The zero-order valence-corrected chi connectivity index (χ0v) is 10.9. The summed E-state index contributed by atoms with van der Waals surface area (Å²) in [6, 6.07) is 2.50. The van der Waals surface area contributed by atoms with Crippen LogP contribution in [0.1, 0.15) is 18.5 Å². The molecule has 2 atom stereocenters. The van der Waals surface area contributed by atoms with E-state index in [0.717, 1.165) is 12.1 Å². The molecule has 0 aliphatic carbocycles. The topological polar surface area (TPSA) is 70.2 Å². The van der Waals surface area contributed by atoms with Gasteiger partial charge in [-0.25, -0.2) is 8.78 Å². The molecule has 5 nitrogen and oxygen atoms in total. The van der Waals surface area contributed by atoms with Crippen LogP contribution in [0.25, 0.3) is 0 Å². The van der Waals surface area contributed by atoms with Gasteiger partial charge in [-0.2, -0.15) is 0 Å². The molecule has 0 radical (unpaired) electrons. The largest absolute Gasteiger partial charge is 0.353 e. The molecule has 2 unspecified atom stereocenters. The lowest BCUT2D eigenvalue weighted by molar-refractivity contribution is -0.127. The molecule has 0 aromatic heterocycles. The van der Waals surface area contributed by atoms with Crippen molar-refractivity contribution >= 4 is 11.8 Å². The molecule has 0 bridgehead atoms. The van der Waals surface area contributed by atoms with Gasteiger partial charge in [-0.1, -0.05) is 6.07 Å². The van der Waals surface area contributed by atoms with Gasteiger partial charge in [-0.15, -0.1) is 0 Å². The normalized spacial score (nSPS) is 20.1. The molecule has 1 heterocycles. The molecule has 1 aliphatic rings. The molecule has 20 heavy (non-hydrogen) atoms. The van der Waals surface area contributed by atoms with Crippen LogP contribution in [0, 0.1) is 11.6 Å². The van der Waals surface area contributed by atoms with Crippen LogP contribution in [-0.4, -0.2) is 30.9 Å². The van der Waals surface area contributed by atoms with Gasteiger partial charge in [0.25, 0.3) is 0 Å². The van der Waals surface area contributed by atoms with E-state index in [1.165, 1.54) is 6.07 Å². The van der Waals surface area contributed by atoms with E-state index in [-0.39, 0.29) is 24.9 Å². The Bertz CT molecular complexity index is 526. The van der Waals surface area contributed by atoms with Gasteiger partial charge in [0.15, 0.2) is 11.6 Å². The Hall–Kier alpha value is -2.02. The predicted molar refractivity (Wildman–Crippen MR) is 67.7 cm³/mol. The Labute approximate surface area is 114 Å². The van der Waals surface area contributed by atoms with E-state index in [2.05, 4.69) is 16.0 Å². The lowest BCUT2D eigenvalue weighted by Gasteiger charge is -2.25. The van der Waals surface area contributed by atoms with Crippen LogP contribution in [0.2, 0.25) is 0 Å². The summed E-state index contributed by atoms with van der Waals surface area (Å²) in [7, 11) is 0. The van der Waals surface area contributed by atoms with Gasteiger partial charge in [-0.3, -0.25) is 14.9 Å². The van der Waals surface area contributed by atoms with Crippen molar-refractivity contribution in [1.29, 1.82) is 0 Å². The van der Waals surface area contributed by atoms with Crippen molar-refractivity contribution in [1.82, 2.24) is 16.0 Å². The summed E-state index contributed by atoms with van der Waals surface area (Å²) in [5.41, 5.74) is 0.470. The summed E-state index contributed by atoms with van der Waals surface area (Å²) in [5.74, 6) is -2.35. The number of halogens is 2. The number of nitrogens with one attached hydrogen (secondary N) is 3. The highest BCUT2D eigenvalue weighted by Gasteiger charge is 2.25. The molecule has 2 amide bonds. The first-order valence-corrected chi connectivity index (χ1v) is 6.23. The number of hydrogen-bond donors (Lipinski definition) is 3. The minimum atomic E-state index is -0.952. The molecule has 2 rings (SSSR count). The lowest BCUT2D eigenvalue weighted by Crippen LogP contribution is -2.58. The smallest absolute Gasteiger partial charge is 0.239 e. The third-order valence-corrected chi connectivity index (χ3v) is 3.13. The first-order valence-electron chi connectivity index (χ1n) is 6.23. The van der Waals surface area contributed by atoms with Crippen molar-refractivity contribution in [3.05, 3.63) is 35.4 Å². The Balaban J connectivity index is 1.96. The number of carbonyl (C=O) groups is 2. The molecule has 1 fully saturated rings. The minimum absolute atomic E-state index is 0.0810. The number of amides is 2. The maximum absolute atomic E-state index is 13.1. The number of rotatable bonds is 3. The summed E-state index contributed by atoms with van der Waals surface area (Å²) in [6.07, 6.45) is 0. The number of piperazine rings is 1. The quantitative estimate of drug-likeness (QED) is 0.744. The van der Waals surface area contributed by atoms with Crippen molar-refractivity contribution < 1.29 is 18.4 Å². The third-order valence-electron chi connectivity index (χ3n) is 3.13. The lowest BCUT2D eigenvalue weighted by atomic mass is 10.1. The minimum Gasteiger partial charge on any atom is -0.353 e. The predicted octanol–water partition coefficient (Wildman–Crippen LogP) is 0.230. The van der Waals surface area contributed by atoms with Crippen molar-refractivity contribution in [3.63, 3.8) is 0 Å². The zero-order chi connectivity index (χ0) is 14.7. The van der Waals surface area contributed by atoms with Crippen LogP contribution in [0.4, 0.5) is 8.78 Å². The summed E-state index contributed by atoms with van der Waals surface area (Å²) in [4.78, 5) is 22.9. The summed E-state index contributed by atoms with van der Waals surface area (Å²) in [6.45, 7) is 1.96. The number of hydrogen-bond acceptors (Lipinski definition) is 3. The average molecular weight is 283 g/mol. The molecular weight excluding hydrogens is 268 g/mol. The van der Waals surface area contributed by atoms with Crippen LogP contribution in [-0.2, 0) is 9.59 Å². The summed E-state index contributed by atoms with van der Waals surface area (Å²) in [5, 5.41) is 8.04. The summed E-state index contributed by atoms with van der Waals surface area (Å²) < 4.78 is 26.0. The highest BCUT2D eigenvalue weighted by Crippen LogP contribution is 2.16. The molecule has 1 aliphatic heterocycles. The van der Waals surface area contributed by atoms with E-state index in [4.69, 9.17) is 0 Å². The number of benzene rings is 1. The van der Waals surface area contributed by atoms with Crippen molar-refractivity contribution in [3.8, 4) is 0 Å². The van der Waals surface area contributed by atoms with Crippen LogP contribution >= 0.6 is 0 Å². The molecule has 3 N–H and O–H groups in total. The molecule has 7 heteroatoms. The fourth-order valence-corrected chi connectivity index (χ4v) is 1.93. The second-order valence-corrected chi connectivity index (χ2v) is 4.64. The second-order valence-electron chi connectivity index (χ2n) is 4.64. The molecule has 1 aromatic carbocycles. The summed E-state index contributed by atoms with van der Waals surface area (Å²) >= 11 is 0. The van der Waals surface area contributed by atoms with Gasteiger partial charge in [0.1, 0.15) is 6.04 Å². The van der Waals surface area contributed by atoms with E-state index in [1.807, 2.05) is 0 Å². The zero-order valence-electron chi connectivity index (χ0n) is 10.9. The van der Waals surface area contributed by atoms with Gasteiger partial charge >= 0.3 is 0 Å². The third kappa shape index (κ3) is 3.30. The molecule has 0 spiro atoms. The maximum Gasteiger partial charge on any atom is 0.239 e. The van der Waals surface area contributed by atoms with Gasteiger partial charge in [0, 0.05) is 6.54 Å². The Morgan fingerprint density at radius 1 is 1.40 bits per heavy atom. The van der Waals surface area contributed by atoms with E-state index in [0.29, 0.717) is 5.56 Å².